The molecule has 2 aliphatic rings. The molecule has 0 radical (unpaired) electrons. The van der Waals surface area contributed by atoms with E-state index in [1.165, 1.54) is 12.1 Å². The number of benzene rings is 2. The number of rotatable bonds is 8. The van der Waals surface area contributed by atoms with E-state index in [9.17, 15) is 14.0 Å². The molecule has 6 N–H and O–H groups in total. The van der Waals surface area contributed by atoms with E-state index >= 15 is 0 Å². The second-order valence-electron chi connectivity index (χ2n) is 10.6. The average Bonchev–Trinajstić information content (AvgIpc) is 3.13. The Labute approximate surface area is 232 Å². The molecule has 0 bridgehead atoms. The number of aliphatic imine (C=N–C) groups is 1. The summed E-state index contributed by atoms with van der Waals surface area (Å²) in [4.78, 5) is 33.6. The number of hydrazine groups is 1. The van der Waals surface area contributed by atoms with Crippen LogP contribution >= 0.6 is 11.6 Å². The summed E-state index contributed by atoms with van der Waals surface area (Å²) in [6, 6.07) is 11.0. The van der Waals surface area contributed by atoms with Crippen molar-refractivity contribution in [2.75, 3.05) is 6.54 Å². The standard InChI is InChI=1S/C28H35ClFN7O2/c1-4-23(18-5-7-19(8-6-18)26(38)33-15-24(31)35-36-32)37-27(39)25(20-10-21(29)12-22(30)11-20)34-28(37)13-16(2)9-17(3)14-28/h5-8,10-12,16-17,23,36H,4,9,13-15,32H2,1-3H3,(H2,31,35)(H,33,38). The number of hydrazone groups is 1. The van der Waals surface area contributed by atoms with E-state index in [0.717, 1.165) is 12.0 Å². The highest BCUT2D eigenvalue weighted by molar-refractivity contribution is 6.47. The monoisotopic (exact) mass is 555 g/mol. The highest BCUT2D eigenvalue weighted by atomic mass is 35.5. The Kier molecular flexibility index (Phi) is 8.56. The van der Waals surface area contributed by atoms with Crippen molar-refractivity contribution in [3.8, 4) is 0 Å². The number of nitrogens with one attached hydrogen (secondary N) is 2. The summed E-state index contributed by atoms with van der Waals surface area (Å²) in [6.45, 7) is 6.42. The van der Waals surface area contributed by atoms with Crippen LogP contribution in [0.3, 0.4) is 0 Å². The first kappa shape index (κ1) is 28.5. The zero-order chi connectivity index (χ0) is 28.3. The first-order valence-electron chi connectivity index (χ1n) is 13.1. The van der Waals surface area contributed by atoms with Gasteiger partial charge in [0.2, 0.25) is 0 Å². The van der Waals surface area contributed by atoms with E-state index in [0.29, 0.717) is 42.2 Å². The van der Waals surface area contributed by atoms with Crippen LogP contribution in [0.2, 0.25) is 5.02 Å². The Hall–Kier alpha value is -3.50. The minimum Gasteiger partial charge on any atom is -0.384 e. The average molecular weight is 556 g/mol. The molecule has 9 nitrogen and oxygen atoms in total. The number of halogens is 2. The Morgan fingerprint density at radius 2 is 1.90 bits per heavy atom. The second-order valence-corrected chi connectivity index (χ2v) is 11.0. The molecular formula is C28H35ClFN7O2. The second kappa shape index (κ2) is 11.7. The predicted molar refractivity (Wildman–Crippen MR) is 150 cm³/mol. The van der Waals surface area contributed by atoms with Gasteiger partial charge in [-0.25, -0.2) is 15.8 Å². The number of nitrogens with two attached hydrogens (primary N) is 2. The molecule has 208 valence electrons. The number of carbonyl (C=O) groups excluding carboxylic acids is 2. The van der Waals surface area contributed by atoms with E-state index in [4.69, 9.17) is 28.2 Å². The van der Waals surface area contributed by atoms with Crippen LogP contribution in [-0.4, -0.2) is 40.5 Å². The molecule has 1 heterocycles. The first-order valence-corrected chi connectivity index (χ1v) is 13.5. The summed E-state index contributed by atoms with van der Waals surface area (Å²) < 4.78 is 14.3. The molecule has 4 rings (SSSR count). The van der Waals surface area contributed by atoms with E-state index in [-0.39, 0.29) is 41.0 Å². The van der Waals surface area contributed by atoms with E-state index in [1.54, 1.807) is 18.2 Å². The molecule has 2 aromatic rings. The predicted octanol–water partition coefficient (Wildman–Crippen LogP) is 3.88. The van der Waals surface area contributed by atoms with Crippen molar-refractivity contribution in [2.24, 2.45) is 33.5 Å². The molecule has 39 heavy (non-hydrogen) atoms. The van der Waals surface area contributed by atoms with Gasteiger partial charge in [-0.15, -0.1) is 0 Å². The maximum atomic E-state index is 14.3. The zero-order valence-electron chi connectivity index (χ0n) is 22.4. The Balaban J connectivity index is 1.67. The minimum absolute atomic E-state index is 0.0355. The lowest BCUT2D eigenvalue weighted by Gasteiger charge is -2.47. The molecule has 0 saturated heterocycles. The van der Waals surface area contributed by atoms with Crippen molar-refractivity contribution in [3.05, 3.63) is 70.0 Å². The number of amides is 2. The summed E-state index contributed by atoms with van der Waals surface area (Å²) in [5.74, 6) is 4.88. The lowest BCUT2D eigenvalue weighted by molar-refractivity contribution is -0.134. The van der Waals surface area contributed by atoms with Crippen LogP contribution in [0.5, 0.6) is 0 Å². The largest absolute Gasteiger partial charge is 0.384 e. The topological polar surface area (TPSA) is 138 Å². The van der Waals surface area contributed by atoms with Crippen molar-refractivity contribution >= 4 is 35.0 Å². The quantitative estimate of drug-likeness (QED) is 0.169. The summed E-state index contributed by atoms with van der Waals surface area (Å²) in [7, 11) is 0. The highest BCUT2D eigenvalue weighted by Crippen LogP contribution is 2.48. The zero-order valence-corrected chi connectivity index (χ0v) is 23.1. The fourth-order valence-electron chi connectivity index (χ4n) is 6.08. The van der Waals surface area contributed by atoms with Gasteiger partial charge in [0.1, 0.15) is 23.0 Å². The number of hydrogen-bond acceptors (Lipinski definition) is 6. The summed E-state index contributed by atoms with van der Waals surface area (Å²) in [5.41, 5.74) is 8.93. The van der Waals surface area contributed by atoms with Gasteiger partial charge in [-0.1, -0.05) is 44.5 Å². The van der Waals surface area contributed by atoms with Gasteiger partial charge in [-0.2, -0.15) is 5.10 Å². The van der Waals surface area contributed by atoms with Gasteiger partial charge in [-0.05, 0) is 73.4 Å². The summed E-state index contributed by atoms with van der Waals surface area (Å²) in [6.07, 6.45) is 3.12. The molecule has 1 fully saturated rings. The number of hydrogen-bond donors (Lipinski definition) is 4. The van der Waals surface area contributed by atoms with Gasteiger partial charge in [0.25, 0.3) is 11.8 Å². The van der Waals surface area contributed by atoms with Crippen molar-refractivity contribution in [3.63, 3.8) is 0 Å². The molecule has 1 aliphatic heterocycles. The number of nitrogens with zero attached hydrogens (tertiary/aromatic N) is 3. The van der Waals surface area contributed by atoms with Crippen molar-refractivity contribution in [1.29, 1.82) is 0 Å². The molecule has 11 heteroatoms. The van der Waals surface area contributed by atoms with Gasteiger partial charge < -0.3 is 16.0 Å². The lowest BCUT2D eigenvalue weighted by Crippen LogP contribution is -2.52. The molecule has 3 unspecified atom stereocenters. The SMILES string of the molecule is CCC(c1ccc(C(=O)NC/C(N)=N/NN)cc1)N1C(=O)C(c2cc(F)cc(Cl)c2)=NC12CC(C)CC(C)C2. The van der Waals surface area contributed by atoms with Crippen LogP contribution in [0.15, 0.2) is 52.6 Å². The minimum atomic E-state index is -0.743. The summed E-state index contributed by atoms with van der Waals surface area (Å²) >= 11 is 6.14. The molecule has 1 saturated carbocycles. The van der Waals surface area contributed by atoms with Crippen LogP contribution in [0.25, 0.3) is 0 Å². The third-order valence-electron chi connectivity index (χ3n) is 7.38. The fraction of sp³-hybridized carbons (Fsp3) is 0.429. The number of carbonyl (C=O) groups is 2. The third kappa shape index (κ3) is 6.07. The van der Waals surface area contributed by atoms with Gasteiger partial charge >= 0.3 is 0 Å². The molecular weight excluding hydrogens is 521 g/mol. The van der Waals surface area contributed by atoms with Crippen LogP contribution in [-0.2, 0) is 4.79 Å². The van der Waals surface area contributed by atoms with Gasteiger partial charge in [-0.3, -0.25) is 14.6 Å². The molecule has 1 spiro atoms. The number of amidine groups is 1. The highest BCUT2D eigenvalue weighted by Gasteiger charge is 2.53. The fourth-order valence-corrected chi connectivity index (χ4v) is 6.31. The Morgan fingerprint density at radius 1 is 1.23 bits per heavy atom. The normalized spacial score (nSPS) is 24.1. The molecule has 2 aromatic carbocycles. The summed E-state index contributed by atoms with van der Waals surface area (Å²) in [5, 5.41) is 6.51. The van der Waals surface area contributed by atoms with Crippen LogP contribution < -0.4 is 22.4 Å². The maximum Gasteiger partial charge on any atom is 0.275 e. The van der Waals surface area contributed by atoms with E-state index in [2.05, 4.69) is 29.8 Å². The maximum absolute atomic E-state index is 14.3. The Bertz CT molecular complexity index is 1270. The van der Waals surface area contributed by atoms with Crippen LogP contribution in [0, 0.1) is 17.7 Å². The van der Waals surface area contributed by atoms with Crippen molar-refractivity contribution in [2.45, 2.75) is 58.2 Å². The first-order chi connectivity index (χ1) is 18.6. The van der Waals surface area contributed by atoms with Gasteiger partial charge in [0.05, 0.1) is 12.6 Å². The van der Waals surface area contributed by atoms with Gasteiger partial charge in [0, 0.05) is 16.1 Å². The molecule has 2 amide bonds. The molecule has 1 aliphatic carbocycles. The van der Waals surface area contributed by atoms with Crippen LogP contribution in [0.1, 0.15) is 74.0 Å². The third-order valence-corrected chi connectivity index (χ3v) is 7.59. The smallest absolute Gasteiger partial charge is 0.275 e. The molecule has 0 aromatic heterocycles. The van der Waals surface area contributed by atoms with Crippen molar-refractivity contribution in [1.82, 2.24) is 15.8 Å². The van der Waals surface area contributed by atoms with Crippen molar-refractivity contribution < 1.29 is 14.0 Å². The van der Waals surface area contributed by atoms with Gasteiger partial charge in [0.15, 0.2) is 0 Å². The van der Waals surface area contributed by atoms with Crippen LogP contribution in [0.4, 0.5) is 4.39 Å². The van der Waals surface area contributed by atoms with E-state index in [1.807, 2.05) is 24.0 Å². The van der Waals surface area contributed by atoms with E-state index < -0.39 is 11.5 Å². The molecule has 3 atom stereocenters. The Morgan fingerprint density at radius 3 is 2.49 bits per heavy atom. The lowest BCUT2D eigenvalue weighted by atomic mass is 9.75.